The molecule has 4 rings (SSSR count). The fourth-order valence-corrected chi connectivity index (χ4v) is 3.96. The molecule has 2 heterocycles. The SMILES string of the molecule is Cc1ccc(Cn2cc3cc(NC4CCN(C(=O)OC(C)(C)C)C4)ccc3c2O)cc1. The molecular weight excluding hydrogens is 390 g/mol. The number of aryl methyl sites for hydroxylation is 1. The van der Waals surface area contributed by atoms with Crippen LogP contribution in [-0.4, -0.2) is 45.4 Å². The summed E-state index contributed by atoms with van der Waals surface area (Å²) in [5.41, 5.74) is 2.86. The van der Waals surface area contributed by atoms with E-state index in [2.05, 4.69) is 42.6 Å². The Hall–Kier alpha value is -3.15. The summed E-state index contributed by atoms with van der Waals surface area (Å²) in [6.45, 7) is 9.63. The predicted octanol–water partition coefficient (Wildman–Crippen LogP) is 5.12. The summed E-state index contributed by atoms with van der Waals surface area (Å²) < 4.78 is 7.35. The van der Waals surface area contributed by atoms with Crippen molar-refractivity contribution in [2.24, 2.45) is 0 Å². The number of amides is 1. The monoisotopic (exact) mass is 421 g/mol. The fourth-order valence-electron chi connectivity index (χ4n) is 3.96. The van der Waals surface area contributed by atoms with Gasteiger partial charge in [-0.05, 0) is 57.9 Å². The van der Waals surface area contributed by atoms with Crippen LogP contribution in [0.5, 0.6) is 5.88 Å². The van der Waals surface area contributed by atoms with E-state index in [-0.39, 0.29) is 18.0 Å². The number of benzene rings is 2. The molecule has 1 fully saturated rings. The second kappa shape index (κ2) is 8.17. The van der Waals surface area contributed by atoms with Crippen molar-refractivity contribution in [1.29, 1.82) is 0 Å². The molecule has 1 unspecified atom stereocenters. The summed E-state index contributed by atoms with van der Waals surface area (Å²) in [6, 6.07) is 14.5. The highest BCUT2D eigenvalue weighted by Crippen LogP contribution is 2.31. The summed E-state index contributed by atoms with van der Waals surface area (Å²) in [7, 11) is 0. The number of hydrogen-bond acceptors (Lipinski definition) is 4. The molecule has 3 aromatic rings. The van der Waals surface area contributed by atoms with Gasteiger partial charge >= 0.3 is 6.09 Å². The van der Waals surface area contributed by atoms with Crippen molar-refractivity contribution in [1.82, 2.24) is 9.47 Å². The Balaban J connectivity index is 1.44. The van der Waals surface area contributed by atoms with Crippen LogP contribution < -0.4 is 5.32 Å². The van der Waals surface area contributed by atoms with Crippen LogP contribution in [-0.2, 0) is 11.3 Å². The molecule has 0 bridgehead atoms. The molecule has 2 aromatic carbocycles. The van der Waals surface area contributed by atoms with Crippen LogP contribution in [0.3, 0.4) is 0 Å². The first kappa shape index (κ1) is 21.1. The molecule has 6 heteroatoms. The van der Waals surface area contributed by atoms with E-state index in [0.29, 0.717) is 19.6 Å². The summed E-state index contributed by atoms with van der Waals surface area (Å²) in [5, 5.41) is 16.0. The number of fused-ring (bicyclic) bond motifs is 1. The van der Waals surface area contributed by atoms with Gasteiger partial charge in [0.05, 0.1) is 6.54 Å². The zero-order chi connectivity index (χ0) is 22.2. The second-order valence-electron chi connectivity index (χ2n) is 9.42. The minimum absolute atomic E-state index is 0.174. The molecule has 1 aliphatic rings. The van der Waals surface area contributed by atoms with E-state index in [9.17, 15) is 9.90 Å². The van der Waals surface area contributed by atoms with Gasteiger partial charge in [-0.3, -0.25) is 0 Å². The maximum absolute atomic E-state index is 12.3. The maximum atomic E-state index is 12.3. The van der Waals surface area contributed by atoms with Gasteiger partial charge in [-0.25, -0.2) is 4.79 Å². The summed E-state index contributed by atoms with van der Waals surface area (Å²) >= 11 is 0. The topological polar surface area (TPSA) is 66.7 Å². The van der Waals surface area contributed by atoms with Crippen LogP contribution in [0.15, 0.2) is 48.7 Å². The van der Waals surface area contributed by atoms with Crippen LogP contribution in [0, 0.1) is 6.92 Å². The molecule has 0 spiro atoms. The molecule has 1 amide bonds. The lowest BCUT2D eigenvalue weighted by Crippen LogP contribution is -2.36. The number of carbonyl (C=O) groups excluding carboxylic acids is 1. The van der Waals surface area contributed by atoms with E-state index in [1.54, 1.807) is 4.90 Å². The van der Waals surface area contributed by atoms with E-state index in [1.165, 1.54) is 5.56 Å². The Labute approximate surface area is 183 Å². The number of carbonyl (C=O) groups is 1. The zero-order valence-corrected chi connectivity index (χ0v) is 18.7. The van der Waals surface area contributed by atoms with Crippen molar-refractivity contribution in [2.45, 2.75) is 52.3 Å². The molecule has 1 saturated heterocycles. The molecule has 1 atom stereocenters. The number of rotatable bonds is 4. The zero-order valence-electron chi connectivity index (χ0n) is 18.7. The van der Waals surface area contributed by atoms with Crippen LogP contribution in [0.2, 0.25) is 0 Å². The van der Waals surface area contributed by atoms with Crippen LogP contribution in [0.4, 0.5) is 10.5 Å². The Bertz CT molecular complexity index is 1080. The lowest BCUT2D eigenvalue weighted by atomic mass is 10.1. The quantitative estimate of drug-likeness (QED) is 0.613. The minimum atomic E-state index is -0.485. The van der Waals surface area contributed by atoms with Crippen LogP contribution in [0.1, 0.15) is 38.3 Å². The van der Waals surface area contributed by atoms with E-state index in [1.807, 2.05) is 43.7 Å². The number of ether oxygens (including phenoxy) is 1. The normalized spacial score (nSPS) is 16.6. The van der Waals surface area contributed by atoms with E-state index in [4.69, 9.17) is 4.74 Å². The number of anilines is 1. The highest BCUT2D eigenvalue weighted by atomic mass is 16.6. The Morgan fingerprint density at radius 3 is 2.65 bits per heavy atom. The minimum Gasteiger partial charge on any atom is -0.494 e. The van der Waals surface area contributed by atoms with Crippen molar-refractivity contribution < 1.29 is 14.6 Å². The summed E-state index contributed by atoms with van der Waals surface area (Å²) in [5.74, 6) is 0.277. The van der Waals surface area contributed by atoms with Crippen molar-refractivity contribution in [3.63, 3.8) is 0 Å². The molecule has 1 aromatic heterocycles. The van der Waals surface area contributed by atoms with Gasteiger partial charge in [0.25, 0.3) is 0 Å². The molecule has 0 radical (unpaired) electrons. The lowest BCUT2D eigenvalue weighted by Gasteiger charge is -2.24. The van der Waals surface area contributed by atoms with Gasteiger partial charge in [0.15, 0.2) is 5.88 Å². The van der Waals surface area contributed by atoms with E-state index < -0.39 is 5.60 Å². The average Bonchev–Trinajstić information content (AvgIpc) is 3.27. The predicted molar refractivity (Wildman–Crippen MR) is 124 cm³/mol. The molecule has 0 saturated carbocycles. The Kier molecular flexibility index (Phi) is 5.56. The van der Waals surface area contributed by atoms with E-state index in [0.717, 1.165) is 28.4 Å². The first-order valence-corrected chi connectivity index (χ1v) is 10.8. The first-order valence-electron chi connectivity index (χ1n) is 10.8. The Morgan fingerprint density at radius 2 is 1.94 bits per heavy atom. The fraction of sp³-hybridized carbons (Fsp3) is 0.400. The highest BCUT2D eigenvalue weighted by molar-refractivity contribution is 5.90. The molecular formula is C25H31N3O3. The van der Waals surface area contributed by atoms with Crippen molar-refractivity contribution in [3.05, 3.63) is 59.8 Å². The standard InChI is InChI=1S/C25H31N3O3/c1-17-5-7-18(8-6-17)14-28-15-19-13-20(9-10-22(19)23(28)29)26-21-11-12-27(16-21)24(30)31-25(2,3)4/h5-10,13,15,21,26,29H,11-12,14,16H2,1-4H3. The number of likely N-dealkylation sites (tertiary alicyclic amines) is 1. The maximum Gasteiger partial charge on any atom is 0.410 e. The van der Waals surface area contributed by atoms with Gasteiger partial charge in [0, 0.05) is 41.8 Å². The third-order valence-corrected chi connectivity index (χ3v) is 5.54. The largest absolute Gasteiger partial charge is 0.494 e. The number of aromatic hydroxyl groups is 1. The Morgan fingerprint density at radius 1 is 1.19 bits per heavy atom. The van der Waals surface area contributed by atoms with Crippen LogP contribution in [0.25, 0.3) is 10.8 Å². The molecule has 0 aliphatic carbocycles. The molecule has 1 aliphatic heterocycles. The number of aromatic nitrogens is 1. The highest BCUT2D eigenvalue weighted by Gasteiger charge is 2.29. The van der Waals surface area contributed by atoms with Crippen molar-refractivity contribution in [2.75, 3.05) is 18.4 Å². The third-order valence-electron chi connectivity index (χ3n) is 5.54. The van der Waals surface area contributed by atoms with Gasteiger partial charge in [-0.2, -0.15) is 0 Å². The van der Waals surface area contributed by atoms with Crippen LogP contribution >= 0.6 is 0 Å². The number of nitrogens with zero attached hydrogens (tertiary/aromatic N) is 2. The second-order valence-corrected chi connectivity index (χ2v) is 9.42. The summed E-state index contributed by atoms with van der Waals surface area (Å²) in [6.07, 6.45) is 2.60. The van der Waals surface area contributed by atoms with Gasteiger partial charge in [-0.15, -0.1) is 0 Å². The van der Waals surface area contributed by atoms with Gasteiger partial charge in [-0.1, -0.05) is 29.8 Å². The smallest absolute Gasteiger partial charge is 0.410 e. The summed E-state index contributed by atoms with van der Waals surface area (Å²) in [4.78, 5) is 14.0. The molecule has 31 heavy (non-hydrogen) atoms. The first-order chi connectivity index (χ1) is 14.7. The van der Waals surface area contributed by atoms with Crippen molar-refractivity contribution in [3.8, 4) is 5.88 Å². The third kappa shape index (κ3) is 4.95. The van der Waals surface area contributed by atoms with E-state index >= 15 is 0 Å². The van der Waals surface area contributed by atoms with Gasteiger partial charge in [0.1, 0.15) is 5.60 Å². The molecule has 6 nitrogen and oxygen atoms in total. The lowest BCUT2D eigenvalue weighted by molar-refractivity contribution is 0.0293. The number of nitrogens with one attached hydrogen (secondary N) is 1. The van der Waals surface area contributed by atoms with Gasteiger partial charge in [0.2, 0.25) is 0 Å². The molecule has 164 valence electrons. The number of hydrogen-bond donors (Lipinski definition) is 2. The van der Waals surface area contributed by atoms with Gasteiger partial charge < -0.3 is 24.6 Å². The molecule has 2 N–H and O–H groups in total. The average molecular weight is 422 g/mol. The van der Waals surface area contributed by atoms with Crippen molar-refractivity contribution >= 4 is 22.6 Å².